The summed E-state index contributed by atoms with van der Waals surface area (Å²) in [5.41, 5.74) is 9.62. The number of pyridine rings is 1. The Morgan fingerprint density at radius 1 is 1.00 bits per heavy atom. The predicted molar refractivity (Wildman–Crippen MR) is 133 cm³/mol. The fraction of sp³-hybridized carbons (Fsp3) is 0.240. The summed E-state index contributed by atoms with van der Waals surface area (Å²) in [6, 6.07) is 16.0. The second-order valence-electron chi connectivity index (χ2n) is 8.54. The van der Waals surface area contributed by atoms with Crippen molar-refractivity contribution < 1.29 is 18.0 Å². The Kier molecular flexibility index (Phi) is 8.49. The molecule has 0 saturated heterocycles. The summed E-state index contributed by atoms with van der Waals surface area (Å²) in [7, 11) is 0. The zero-order valence-electron chi connectivity index (χ0n) is 19.8. The Balaban J connectivity index is 1.74. The van der Waals surface area contributed by atoms with Crippen LogP contribution in [0.1, 0.15) is 47.8 Å². The molecule has 0 aliphatic heterocycles. The number of hydrazone groups is 1. The Morgan fingerprint density at radius 3 is 2.11 bits per heavy atom. The maximum absolute atomic E-state index is 12.8. The first-order valence-electron chi connectivity index (χ1n) is 11.2. The quantitative estimate of drug-likeness (QED) is 0.135. The molecule has 7 N–H and O–H groups in total. The van der Waals surface area contributed by atoms with Gasteiger partial charge in [0.1, 0.15) is 5.82 Å². The summed E-state index contributed by atoms with van der Waals surface area (Å²) < 4.78 is 38.5. The lowest BCUT2D eigenvalue weighted by Crippen LogP contribution is -2.39. The van der Waals surface area contributed by atoms with E-state index in [1.165, 1.54) is 18.3 Å². The summed E-state index contributed by atoms with van der Waals surface area (Å²) in [5, 5.41) is 9.22. The van der Waals surface area contributed by atoms with Crippen molar-refractivity contribution in [2.45, 2.75) is 32.5 Å². The van der Waals surface area contributed by atoms with Gasteiger partial charge in [-0.05, 0) is 53.3 Å². The van der Waals surface area contributed by atoms with Crippen LogP contribution in [-0.2, 0) is 6.18 Å². The maximum Gasteiger partial charge on any atom is 0.416 e. The number of hydrazine groups is 1. The zero-order valence-corrected chi connectivity index (χ0v) is 19.8. The van der Waals surface area contributed by atoms with E-state index in [1.54, 1.807) is 12.1 Å². The molecular formula is C25H28F3N7O. The molecule has 0 aliphatic carbocycles. The number of anilines is 1. The molecule has 1 unspecified atom stereocenters. The van der Waals surface area contributed by atoms with Crippen LogP contribution in [-0.4, -0.2) is 16.9 Å². The van der Waals surface area contributed by atoms with Crippen molar-refractivity contribution in [3.05, 3.63) is 83.6 Å². The number of rotatable bonds is 8. The molecule has 11 heteroatoms. The van der Waals surface area contributed by atoms with Gasteiger partial charge in [-0.2, -0.15) is 13.2 Å². The molecule has 1 atom stereocenters. The zero-order chi connectivity index (χ0) is 26.3. The largest absolute Gasteiger partial charge is 0.416 e. The van der Waals surface area contributed by atoms with Crippen LogP contribution in [0, 0.1) is 5.92 Å². The highest BCUT2D eigenvalue weighted by atomic mass is 19.4. The van der Waals surface area contributed by atoms with Gasteiger partial charge >= 0.3 is 6.18 Å². The van der Waals surface area contributed by atoms with Crippen LogP contribution in [0.2, 0.25) is 0 Å². The van der Waals surface area contributed by atoms with Gasteiger partial charge in [0.15, 0.2) is 0 Å². The van der Waals surface area contributed by atoms with Crippen LogP contribution in [0.15, 0.2) is 72.0 Å². The van der Waals surface area contributed by atoms with E-state index < -0.39 is 17.6 Å². The monoisotopic (exact) mass is 499 g/mol. The molecule has 8 nitrogen and oxygen atoms in total. The van der Waals surface area contributed by atoms with Gasteiger partial charge in [-0.1, -0.05) is 50.2 Å². The molecule has 3 rings (SSSR count). The van der Waals surface area contributed by atoms with Crippen molar-refractivity contribution in [1.29, 1.82) is 0 Å². The minimum Gasteiger partial charge on any atom is -0.368 e. The van der Waals surface area contributed by atoms with Crippen LogP contribution in [0.5, 0.6) is 0 Å². The average Bonchev–Trinajstić information content (AvgIpc) is 2.83. The number of guanidine groups is 1. The molecule has 36 heavy (non-hydrogen) atoms. The molecule has 0 spiro atoms. The molecular weight excluding hydrogens is 471 g/mol. The van der Waals surface area contributed by atoms with E-state index in [0.717, 1.165) is 29.7 Å². The number of nitrogens with two attached hydrogens (primary N) is 2. The SMILES string of the molecule is CC(C)CC(Nc1ccc(C(=O)N/C(N)=N/NN)cn1)c1ccc(-c2ccc(C(F)(F)F)cc2)cc1. The minimum atomic E-state index is -4.36. The summed E-state index contributed by atoms with van der Waals surface area (Å²) in [6.45, 7) is 4.21. The maximum atomic E-state index is 12.8. The highest BCUT2D eigenvalue weighted by Crippen LogP contribution is 2.32. The standard InChI is InChI=1S/C25H28F3N7O/c1-15(2)13-21(32-22-12-9-19(14-31-22)23(36)33-24(29)34-35-30)18-5-3-16(4-6-18)17-7-10-20(11-8-17)25(26,27)28/h3-12,14-15,21,35H,13,30H2,1-2H3,(H,31,32)(H3,29,33,34,36). The van der Waals surface area contributed by atoms with Crippen LogP contribution in [0.3, 0.4) is 0 Å². The number of hydrogen-bond donors (Lipinski definition) is 5. The summed E-state index contributed by atoms with van der Waals surface area (Å²) >= 11 is 0. The van der Waals surface area contributed by atoms with Crippen molar-refractivity contribution in [1.82, 2.24) is 15.8 Å². The number of amides is 1. The van der Waals surface area contributed by atoms with Crippen molar-refractivity contribution in [2.24, 2.45) is 22.6 Å². The fourth-order valence-electron chi connectivity index (χ4n) is 3.59. The number of nitrogens with one attached hydrogen (secondary N) is 3. The molecule has 190 valence electrons. The molecule has 0 fully saturated rings. The van der Waals surface area contributed by atoms with Crippen LogP contribution >= 0.6 is 0 Å². The van der Waals surface area contributed by atoms with Crippen molar-refractivity contribution in [2.75, 3.05) is 5.32 Å². The molecule has 1 amide bonds. The van der Waals surface area contributed by atoms with E-state index in [9.17, 15) is 18.0 Å². The van der Waals surface area contributed by atoms with Crippen molar-refractivity contribution in [3.8, 4) is 11.1 Å². The first kappa shape index (κ1) is 26.5. The topological polar surface area (TPSA) is 130 Å². The van der Waals surface area contributed by atoms with E-state index in [1.807, 2.05) is 29.8 Å². The predicted octanol–water partition coefficient (Wildman–Crippen LogP) is 4.39. The molecule has 2 aromatic carbocycles. The number of benzene rings is 2. The highest BCUT2D eigenvalue weighted by molar-refractivity contribution is 6.05. The van der Waals surface area contributed by atoms with Crippen LogP contribution in [0.25, 0.3) is 11.1 Å². The molecule has 0 bridgehead atoms. The van der Waals surface area contributed by atoms with Gasteiger partial charge < -0.3 is 11.1 Å². The third-order valence-electron chi connectivity index (χ3n) is 5.34. The lowest BCUT2D eigenvalue weighted by molar-refractivity contribution is -0.137. The summed E-state index contributed by atoms with van der Waals surface area (Å²) in [5.74, 6) is 5.31. The Labute approximate surface area is 207 Å². The second-order valence-corrected chi connectivity index (χ2v) is 8.54. The van der Waals surface area contributed by atoms with Crippen LogP contribution < -0.4 is 27.7 Å². The average molecular weight is 500 g/mol. The van der Waals surface area contributed by atoms with Crippen LogP contribution in [0.4, 0.5) is 19.0 Å². The van der Waals surface area contributed by atoms with Crippen molar-refractivity contribution in [3.63, 3.8) is 0 Å². The highest BCUT2D eigenvalue weighted by Gasteiger charge is 2.30. The lowest BCUT2D eigenvalue weighted by atomic mass is 9.94. The molecule has 0 radical (unpaired) electrons. The van der Waals surface area contributed by atoms with Gasteiger partial charge in [-0.15, -0.1) is 5.10 Å². The number of carbonyl (C=O) groups excluding carboxylic acids is 1. The summed E-state index contributed by atoms with van der Waals surface area (Å²) in [6.07, 6.45) is -2.14. The fourth-order valence-corrected chi connectivity index (χ4v) is 3.59. The normalized spacial score (nSPS) is 12.8. The Hall–Kier alpha value is -4.12. The minimum absolute atomic E-state index is 0.0720. The molecule has 1 heterocycles. The Morgan fingerprint density at radius 2 is 1.61 bits per heavy atom. The van der Waals surface area contributed by atoms with E-state index in [4.69, 9.17) is 11.6 Å². The van der Waals surface area contributed by atoms with Gasteiger partial charge in [-0.3, -0.25) is 10.1 Å². The second kappa shape index (κ2) is 11.5. The van der Waals surface area contributed by atoms with E-state index in [2.05, 4.69) is 34.6 Å². The third-order valence-corrected chi connectivity index (χ3v) is 5.34. The Bertz CT molecular complexity index is 1180. The smallest absolute Gasteiger partial charge is 0.368 e. The number of aromatic nitrogens is 1. The third kappa shape index (κ3) is 7.19. The lowest BCUT2D eigenvalue weighted by Gasteiger charge is -2.22. The number of carbonyl (C=O) groups is 1. The van der Waals surface area contributed by atoms with E-state index in [-0.39, 0.29) is 17.6 Å². The van der Waals surface area contributed by atoms with E-state index >= 15 is 0 Å². The number of halogens is 3. The summed E-state index contributed by atoms with van der Waals surface area (Å²) in [4.78, 5) is 16.5. The first-order valence-corrected chi connectivity index (χ1v) is 11.2. The number of hydrogen-bond acceptors (Lipinski definition) is 6. The number of nitrogens with zero attached hydrogens (tertiary/aromatic N) is 2. The molecule has 1 aromatic heterocycles. The molecule has 0 saturated carbocycles. The van der Waals surface area contributed by atoms with Gasteiger partial charge in [-0.25, -0.2) is 16.4 Å². The number of alkyl halides is 3. The molecule has 0 aliphatic rings. The van der Waals surface area contributed by atoms with E-state index in [0.29, 0.717) is 17.3 Å². The van der Waals surface area contributed by atoms with Gasteiger partial charge in [0.05, 0.1) is 17.2 Å². The van der Waals surface area contributed by atoms with Gasteiger partial charge in [0, 0.05) is 6.20 Å². The first-order chi connectivity index (χ1) is 17.1. The van der Waals surface area contributed by atoms with Gasteiger partial charge in [0.2, 0.25) is 5.96 Å². The van der Waals surface area contributed by atoms with Crippen molar-refractivity contribution >= 4 is 17.7 Å². The van der Waals surface area contributed by atoms with Gasteiger partial charge in [0.25, 0.3) is 5.91 Å². The molecule has 3 aromatic rings.